The summed E-state index contributed by atoms with van der Waals surface area (Å²) in [6.07, 6.45) is -3.08. The fourth-order valence-corrected chi connectivity index (χ4v) is 2.35. The van der Waals surface area contributed by atoms with Gasteiger partial charge >= 0.3 is 12.2 Å². The maximum Gasteiger partial charge on any atom is 0.419 e. The number of thioether (sulfide) groups is 1. The zero-order valence-corrected chi connectivity index (χ0v) is 12.7. The second-order valence-corrected chi connectivity index (χ2v) is 5.61. The number of hydrogen-bond donors (Lipinski definition) is 3. The lowest BCUT2D eigenvalue weighted by atomic mass is 10.2. The number of alkyl halides is 3. The highest BCUT2D eigenvalue weighted by molar-refractivity contribution is 7.99. The molecule has 0 heterocycles. The van der Waals surface area contributed by atoms with Crippen LogP contribution in [0.3, 0.4) is 0 Å². The third-order valence-electron chi connectivity index (χ3n) is 2.93. The molecule has 0 saturated heterocycles. The maximum absolute atomic E-state index is 13.1. The van der Waals surface area contributed by atoms with Gasteiger partial charge in [-0.05, 0) is 31.4 Å². The predicted molar refractivity (Wildman–Crippen MR) is 77.4 cm³/mol. The van der Waals surface area contributed by atoms with Gasteiger partial charge in [0, 0.05) is 17.0 Å². The first-order valence-corrected chi connectivity index (χ1v) is 7.55. The van der Waals surface area contributed by atoms with E-state index < -0.39 is 29.6 Å². The Bertz CT molecular complexity index is 521. The summed E-state index contributed by atoms with van der Waals surface area (Å²) >= 11 is 1.34. The molecule has 0 bridgehead atoms. The van der Waals surface area contributed by atoms with Gasteiger partial charge < -0.3 is 15.7 Å². The molecule has 1 rings (SSSR count). The fourth-order valence-electron chi connectivity index (χ4n) is 1.72. The molecular weight excluding hydrogens is 324 g/mol. The standard InChI is InChI=1S/C13H16F4N2O2S/c1-7(11(6-20)22-2)18-12(21)19-8-3-4-10(14)9(5-8)13(15,16)17/h3-5,7,11,20H,6H2,1-2H3,(H2,18,19,21). The number of hydrogen-bond acceptors (Lipinski definition) is 3. The lowest BCUT2D eigenvalue weighted by Crippen LogP contribution is -2.43. The van der Waals surface area contributed by atoms with Gasteiger partial charge in [0.2, 0.25) is 0 Å². The summed E-state index contributed by atoms with van der Waals surface area (Å²) in [7, 11) is 0. The molecule has 0 spiro atoms. The van der Waals surface area contributed by atoms with Crippen LogP contribution in [0.5, 0.6) is 0 Å². The summed E-state index contributed by atoms with van der Waals surface area (Å²) in [6, 6.07) is 1.06. The first kappa shape index (κ1) is 18.6. The zero-order chi connectivity index (χ0) is 16.9. The molecule has 2 unspecified atom stereocenters. The smallest absolute Gasteiger partial charge is 0.395 e. The van der Waals surface area contributed by atoms with E-state index in [-0.39, 0.29) is 17.5 Å². The highest BCUT2D eigenvalue weighted by Crippen LogP contribution is 2.32. The molecule has 0 radical (unpaired) electrons. The summed E-state index contributed by atoms with van der Waals surface area (Å²) in [6.45, 7) is 1.50. The third kappa shape index (κ3) is 5.06. The summed E-state index contributed by atoms with van der Waals surface area (Å²) in [5.41, 5.74) is -1.63. The Morgan fingerprint density at radius 2 is 2.05 bits per heavy atom. The Morgan fingerprint density at radius 3 is 2.55 bits per heavy atom. The van der Waals surface area contributed by atoms with E-state index in [2.05, 4.69) is 10.6 Å². The Morgan fingerprint density at radius 1 is 1.41 bits per heavy atom. The van der Waals surface area contributed by atoms with Crippen molar-refractivity contribution in [1.82, 2.24) is 5.32 Å². The van der Waals surface area contributed by atoms with Crippen LogP contribution < -0.4 is 10.6 Å². The SMILES string of the molecule is CSC(CO)C(C)NC(=O)Nc1ccc(F)c(C(F)(F)F)c1. The van der Waals surface area contributed by atoms with E-state index in [0.717, 1.165) is 6.07 Å². The molecule has 0 fully saturated rings. The minimum atomic E-state index is -4.84. The van der Waals surface area contributed by atoms with Gasteiger partial charge in [0.15, 0.2) is 0 Å². The summed E-state index contributed by atoms with van der Waals surface area (Å²) in [5.74, 6) is -1.41. The van der Waals surface area contributed by atoms with Gasteiger partial charge in [-0.2, -0.15) is 24.9 Å². The Balaban J connectivity index is 2.77. The first-order chi connectivity index (χ1) is 10.2. The number of nitrogens with one attached hydrogen (secondary N) is 2. The van der Waals surface area contributed by atoms with Gasteiger partial charge in [-0.1, -0.05) is 0 Å². The van der Waals surface area contributed by atoms with Crippen LogP contribution in [0.2, 0.25) is 0 Å². The van der Waals surface area contributed by atoms with Crippen molar-refractivity contribution in [1.29, 1.82) is 0 Å². The normalized spacial score (nSPS) is 14.3. The number of carbonyl (C=O) groups is 1. The lowest BCUT2D eigenvalue weighted by molar-refractivity contribution is -0.139. The van der Waals surface area contributed by atoms with Crippen LogP contribution in [0.25, 0.3) is 0 Å². The van der Waals surface area contributed by atoms with Crippen molar-refractivity contribution < 1.29 is 27.5 Å². The van der Waals surface area contributed by atoms with E-state index in [1.54, 1.807) is 13.2 Å². The second-order valence-electron chi connectivity index (χ2n) is 4.54. The van der Waals surface area contributed by atoms with E-state index >= 15 is 0 Å². The van der Waals surface area contributed by atoms with Gasteiger partial charge in [0.05, 0.1) is 12.2 Å². The first-order valence-electron chi connectivity index (χ1n) is 6.27. The van der Waals surface area contributed by atoms with Crippen LogP contribution in [0.4, 0.5) is 28.0 Å². The Kier molecular flexibility index (Phi) is 6.48. The molecule has 2 amide bonds. The molecule has 0 aliphatic rings. The molecule has 0 saturated carbocycles. The van der Waals surface area contributed by atoms with Crippen molar-refractivity contribution in [2.24, 2.45) is 0 Å². The summed E-state index contributed by atoms with van der Waals surface area (Å²) < 4.78 is 50.9. The number of benzene rings is 1. The largest absolute Gasteiger partial charge is 0.419 e. The third-order valence-corrected chi connectivity index (χ3v) is 4.09. The van der Waals surface area contributed by atoms with Crippen molar-refractivity contribution in [3.05, 3.63) is 29.6 Å². The van der Waals surface area contributed by atoms with Crippen molar-refractivity contribution >= 4 is 23.5 Å². The number of anilines is 1. The monoisotopic (exact) mass is 340 g/mol. The van der Waals surface area contributed by atoms with E-state index in [4.69, 9.17) is 5.11 Å². The average molecular weight is 340 g/mol. The minimum absolute atomic E-state index is 0.155. The van der Waals surface area contributed by atoms with E-state index in [1.165, 1.54) is 11.8 Å². The van der Waals surface area contributed by atoms with Crippen LogP contribution in [0.15, 0.2) is 18.2 Å². The summed E-state index contributed by atoms with van der Waals surface area (Å²) in [4.78, 5) is 11.7. The lowest BCUT2D eigenvalue weighted by Gasteiger charge is -2.21. The molecule has 0 aromatic heterocycles. The molecule has 0 aliphatic carbocycles. The number of carbonyl (C=O) groups excluding carboxylic acids is 1. The van der Waals surface area contributed by atoms with Gasteiger partial charge in [0.25, 0.3) is 0 Å². The maximum atomic E-state index is 13.1. The second kappa shape index (κ2) is 7.68. The number of urea groups is 1. The van der Waals surface area contributed by atoms with Gasteiger partial charge in [0.1, 0.15) is 5.82 Å². The molecule has 0 aliphatic heterocycles. The fraction of sp³-hybridized carbons (Fsp3) is 0.462. The number of amides is 2. The Labute approximate surface area is 129 Å². The van der Waals surface area contributed by atoms with Gasteiger partial charge in [-0.25, -0.2) is 9.18 Å². The molecule has 124 valence electrons. The molecule has 4 nitrogen and oxygen atoms in total. The van der Waals surface area contributed by atoms with Crippen LogP contribution in [0, 0.1) is 5.82 Å². The quantitative estimate of drug-likeness (QED) is 0.722. The van der Waals surface area contributed by atoms with E-state index in [9.17, 15) is 22.4 Å². The molecule has 22 heavy (non-hydrogen) atoms. The van der Waals surface area contributed by atoms with Crippen LogP contribution >= 0.6 is 11.8 Å². The number of aliphatic hydroxyl groups is 1. The minimum Gasteiger partial charge on any atom is -0.395 e. The van der Waals surface area contributed by atoms with Gasteiger partial charge in [-0.3, -0.25) is 0 Å². The van der Waals surface area contributed by atoms with Crippen molar-refractivity contribution in [2.75, 3.05) is 18.2 Å². The van der Waals surface area contributed by atoms with Crippen molar-refractivity contribution in [3.8, 4) is 0 Å². The highest BCUT2D eigenvalue weighted by atomic mass is 32.2. The van der Waals surface area contributed by atoms with Crippen molar-refractivity contribution in [2.45, 2.75) is 24.4 Å². The van der Waals surface area contributed by atoms with E-state index in [0.29, 0.717) is 12.1 Å². The predicted octanol–water partition coefficient (Wildman–Crippen LogP) is 3.08. The number of rotatable bonds is 5. The average Bonchev–Trinajstić information content (AvgIpc) is 2.41. The van der Waals surface area contributed by atoms with Crippen LogP contribution in [-0.4, -0.2) is 35.3 Å². The topological polar surface area (TPSA) is 61.4 Å². The zero-order valence-electron chi connectivity index (χ0n) is 11.9. The number of aliphatic hydroxyl groups excluding tert-OH is 1. The van der Waals surface area contributed by atoms with Crippen LogP contribution in [-0.2, 0) is 6.18 Å². The van der Waals surface area contributed by atoms with Gasteiger partial charge in [-0.15, -0.1) is 0 Å². The molecule has 1 aromatic rings. The van der Waals surface area contributed by atoms with Crippen LogP contribution in [0.1, 0.15) is 12.5 Å². The molecule has 9 heteroatoms. The number of halogens is 4. The molecule has 3 N–H and O–H groups in total. The van der Waals surface area contributed by atoms with E-state index in [1.807, 2.05) is 0 Å². The van der Waals surface area contributed by atoms with Crippen molar-refractivity contribution in [3.63, 3.8) is 0 Å². The molecular formula is C13H16F4N2O2S. The molecule has 1 aromatic carbocycles. The molecule has 2 atom stereocenters. The summed E-state index contributed by atoms with van der Waals surface area (Å²) in [5, 5.41) is 13.6. The Hall–Kier alpha value is -1.48. The highest BCUT2D eigenvalue weighted by Gasteiger charge is 2.34.